The number of benzene rings is 1. The van der Waals surface area contributed by atoms with E-state index in [0.29, 0.717) is 5.56 Å². The van der Waals surface area contributed by atoms with Gasteiger partial charge in [-0.3, -0.25) is 0 Å². The van der Waals surface area contributed by atoms with Gasteiger partial charge in [0.1, 0.15) is 5.69 Å². The van der Waals surface area contributed by atoms with Crippen molar-refractivity contribution in [2.24, 2.45) is 0 Å². The Hall–Kier alpha value is -1.56. The summed E-state index contributed by atoms with van der Waals surface area (Å²) < 4.78 is 40.1. The first-order valence-electron chi connectivity index (χ1n) is 4.31. The highest BCUT2D eigenvalue weighted by molar-refractivity contribution is 7.12. The predicted octanol–water partition coefficient (Wildman–Crippen LogP) is 3.71. The maximum absolute atomic E-state index is 12.1. The molecule has 2 aromatic rings. The van der Waals surface area contributed by atoms with Crippen molar-refractivity contribution in [1.29, 1.82) is 0 Å². The first-order chi connectivity index (χ1) is 7.56. The number of hydrogen-bond donors (Lipinski definition) is 0. The SMILES string of the molecule is FC(F)(F)Oc1scnc1-c1ccccc1. The first-order valence-corrected chi connectivity index (χ1v) is 5.19. The Morgan fingerprint density at radius 2 is 1.81 bits per heavy atom. The zero-order valence-electron chi connectivity index (χ0n) is 7.86. The van der Waals surface area contributed by atoms with Crippen LogP contribution in [0.1, 0.15) is 0 Å². The number of nitrogens with zero attached hydrogens (tertiary/aromatic N) is 1. The van der Waals surface area contributed by atoms with E-state index in [2.05, 4.69) is 9.72 Å². The number of aromatic nitrogens is 1. The molecule has 0 radical (unpaired) electrons. The Bertz CT molecular complexity index is 466. The Morgan fingerprint density at radius 3 is 2.44 bits per heavy atom. The number of halogens is 3. The van der Waals surface area contributed by atoms with Crippen LogP contribution in [0.4, 0.5) is 13.2 Å². The molecular weight excluding hydrogens is 239 g/mol. The molecule has 0 fully saturated rings. The number of alkyl halides is 3. The molecule has 0 aliphatic heterocycles. The third kappa shape index (κ3) is 2.52. The van der Waals surface area contributed by atoms with Crippen LogP contribution in [-0.2, 0) is 0 Å². The molecule has 84 valence electrons. The molecule has 0 saturated carbocycles. The summed E-state index contributed by atoms with van der Waals surface area (Å²) in [6, 6.07) is 8.59. The van der Waals surface area contributed by atoms with Gasteiger partial charge in [-0.1, -0.05) is 41.7 Å². The molecule has 16 heavy (non-hydrogen) atoms. The van der Waals surface area contributed by atoms with E-state index in [0.717, 1.165) is 11.3 Å². The molecule has 2 nitrogen and oxygen atoms in total. The van der Waals surface area contributed by atoms with Gasteiger partial charge in [-0.05, 0) is 0 Å². The predicted molar refractivity (Wildman–Crippen MR) is 54.2 cm³/mol. The lowest BCUT2D eigenvalue weighted by molar-refractivity contribution is -0.273. The fourth-order valence-electron chi connectivity index (χ4n) is 1.20. The summed E-state index contributed by atoms with van der Waals surface area (Å²) in [7, 11) is 0. The highest BCUT2D eigenvalue weighted by Crippen LogP contribution is 2.36. The van der Waals surface area contributed by atoms with Gasteiger partial charge >= 0.3 is 6.36 Å². The molecule has 1 aromatic heterocycles. The topological polar surface area (TPSA) is 22.1 Å². The normalized spacial score (nSPS) is 11.4. The molecule has 1 aromatic carbocycles. The Labute approximate surface area is 93.3 Å². The van der Waals surface area contributed by atoms with Crippen molar-refractivity contribution in [3.63, 3.8) is 0 Å². The lowest BCUT2D eigenvalue weighted by atomic mass is 10.2. The van der Waals surface area contributed by atoms with Gasteiger partial charge in [0.15, 0.2) is 0 Å². The summed E-state index contributed by atoms with van der Waals surface area (Å²) in [5, 5.41) is -0.237. The van der Waals surface area contributed by atoms with Crippen molar-refractivity contribution in [3.8, 4) is 16.3 Å². The Kier molecular flexibility index (Phi) is 2.82. The van der Waals surface area contributed by atoms with E-state index in [4.69, 9.17) is 0 Å². The minimum atomic E-state index is -4.68. The van der Waals surface area contributed by atoms with Crippen molar-refractivity contribution < 1.29 is 17.9 Å². The van der Waals surface area contributed by atoms with Crippen molar-refractivity contribution in [2.75, 3.05) is 0 Å². The molecule has 1 heterocycles. The van der Waals surface area contributed by atoms with E-state index in [-0.39, 0.29) is 10.8 Å². The van der Waals surface area contributed by atoms with Crippen molar-refractivity contribution >= 4 is 11.3 Å². The van der Waals surface area contributed by atoms with Crippen LogP contribution < -0.4 is 4.74 Å². The van der Waals surface area contributed by atoms with E-state index in [9.17, 15) is 13.2 Å². The molecule has 0 aliphatic rings. The molecule has 0 spiro atoms. The van der Waals surface area contributed by atoms with Gasteiger partial charge in [-0.15, -0.1) is 13.2 Å². The van der Waals surface area contributed by atoms with E-state index in [1.54, 1.807) is 30.3 Å². The second-order valence-electron chi connectivity index (χ2n) is 2.90. The van der Waals surface area contributed by atoms with Gasteiger partial charge in [-0.25, -0.2) is 4.98 Å². The fraction of sp³-hybridized carbons (Fsp3) is 0.100. The molecule has 6 heteroatoms. The molecule has 2 rings (SSSR count). The van der Waals surface area contributed by atoms with Crippen LogP contribution in [0, 0.1) is 0 Å². The second-order valence-corrected chi connectivity index (χ2v) is 3.72. The van der Waals surface area contributed by atoms with Gasteiger partial charge in [0.25, 0.3) is 0 Å². The second kappa shape index (κ2) is 4.13. The molecule has 0 aliphatic carbocycles. The van der Waals surface area contributed by atoms with Crippen LogP contribution in [0.2, 0.25) is 0 Å². The smallest absolute Gasteiger partial charge is 0.393 e. The lowest BCUT2D eigenvalue weighted by Gasteiger charge is -2.07. The van der Waals surface area contributed by atoms with E-state index in [1.807, 2.05) is 0 Å². The molecule has 0 unspecified atom stereocenters. The average Bonchev–Trinajstić information content (AvgIpc) is 2.64. The van der Waals surface area contributed by atoms with Crippen LogP contribution in [0.5, 0.6) is 5.06 Å². The molecular formula is C10H6F3NOS. The molecule has 0 bridgehead atoms. The van der Waals surface area contributed by atoms with Crippen LogP contribution in [0.25, 0.3) is 11.3 Å². The molecule has 0 N–H and O–H groups in total. The maximum atomic E-state index is 12.1. The van der Waals surface area contributed by atoms with Crippen molar-refractivity contribution in [1.82, 2.24) is 4.98 Å². The summed E-state index contributed by atoms with van der Waals surface area (Å²) in [5.74, 6) is 0. The third-order valence-corrected chi connectivity index (χ3v) is 2.49. The average molecular weight is 245 g/mol. The highest BCUT2D eigenvalue weighted by Gasteiger charge is 2.33. The summed E-state index contributed by atoms with van der Waals surface area (Å²) in [4.78, 5) is 3.86. The standard InChI is InChI=1S/C10H6F3NOS/c11-10(12,13)15-9-8(14-6-16-9)7-4-2-1-3-5-7/h1-6H. The quantitative estimate of drug-likeness (QED) is 0.804. The van der Waals surface area contributed by atoms with Crippen LogP contribution >= 0.6 is 11.3 Å². The Morgan fingerprint density at radius 1 is 1.12 bits per heavy atom. The number of ether oxygens (including phenoxy) is 1. The van der Waals surface area contributed by atoms with Gasteiger partial charge < -0.3 is 4.74 Å². The number of thiazole rings is 1. The summed E-state index contributed by atoms with van der Waals surface area (Å²) in [6.45, 7) is 0. The first kappa shape index (κ1) is 10.9. The van der Waals surface area contributed by atoms with Crippen molar-refractivity contribution in [2.45, 2.75) is 6.36 Å². The summed E-state index contributed by atoms with van der Waals surface area (Å²) in [5.41, 5.74) is 2.13. The molecule has 0 saturated heterocycles. The largest absolute Gasteiger partial charge is 0.573 e. The lowest BCUT2D eigenvalue weighted by Crippen LogP contribution is -2.16. The van der Waals surface area contributed by atoms with E-state index in [1.165, 1.54) is 5.51 Å². The monoisotopic (exact) mass is 245 g/mol. The summed E-state index contributed by atoms with van der Waals surface area (Å²) in [6.07, 6.45) is -4.68. The minimum Gasteiger partial charge on any atom is -0.393 e. The van der Waals surface area contributed by atoms with Crippen LogP contribution in [0.3, 0.4) is 0 Å². The minimum absolute atomic E-state index is 0.211. The number of hydrogen-bond acceptors (Lipinski definition) is 3. The molecule has 0 atom stereocenters. The Balaban J connectivity index is 2.33. The van der Waals surface area contributed by atoms with Gasteiger partial charge in [0.2, 0.25) is 5.06 Å². The highest BCUT2D eigenvalue weighted by atomic mass is 32.1. The third-order valence-electron chi connectivity index (χ3n) is 1.79. The zero-order chi connectivity index (χ0) is 11.6. The van der Waals surface area contributed by atoms with Gasteiger partial charge in [0, 0.05) is 5.56 Å². The zero-order valence-corrected chi connectivity index (χ0v) is 8.68. The van der Waals surface area contributed by atoms with Crippen LogP contribution in [-0.4, -0.2) is 11.3 Å². The van der Waals surface area contributed by atoms with Crippen molar-refractivity contribution in [3.05, 3.63) is 35.8 Å². The van der Waals surface area contributed by atoms with Gasteiger partial charge in [0.05, 0.1) is 5.51 Å². The summed E-state index contributed by atoms with van der Waals surface area (Å²) >= 11 is 0.818. The van der Waals surface area contributed by atoms with Crippen LogP contribution in [0.15, 0.2) is 35.8 Å². The fourth-order valence-corrected chi connectivity index (χ4v) is 1.88. The maximum Gasteiger partial charge on any atom is 0.573 e. The van der Waals surface area contributed by atoms with E-state index >= 15 is 0 Å². The number of rotatable bonds is 2. The molecule has 0 amide bonds. The van der Waals surface area contributed by atoms with Gasteiger partial charge in [-0.2, -0.15) is 0 Å². The van der Waals surface area contributed by atoms with E-state index < -0.39 is 6.36 Å².